The molecule has 0 saturated carbocycles. The van der Waals surface area contributed by atoms with Gasteiger partial charge >= 0.3 is 6.18 Å². The number of alkyl halides is 3. The van der Waals surface area contributed by atoms with Crippen molar-refractivity contribution in [2.24, 2.45) is 0 Å². The Morgan fingerprint density at radius 3 is 2.58 bits per heavy atom. The summed E-state index contributed by atoms with van der Waals surface area (Å²) in [4.78, 5) is 11.8. The van der Waals surface area contributed by atoms with Crippen molar-refractivity contribution in [1.82, 2.24) is 10.2 Å². The minimum Gasteiger partial charge on any atom is -0.394 e. The van der Waals surface area contributed by atoms with E-state index in [9.17, 15) is 18.0 Å². The summed E-state index contributed by atoms with van der Waals surface area (Å²) in [7, 11) is 0. The number of amides is 1. The Morgan fingerprint density at radius 1 is 1.32 bits per heavy atom. The van der Waals surface area contributed by atoms with Gasteiger partial charge in [-0.3, -0.25) is 9.89 Å². The minimum atomic E-state index is -4.60. The Labute approximate surface area is 105 Å². The fourth-order valence-electron chi connectivity index (χ4n) is 1.50. The maximum absolute atomic E-state index is 12.7. The Hall–Kier alpha value is -2.51. The molecule has 1 amide bonds. The van der Waals surface area contributed by atoms with Gasteiger partial charge in [-0.05, 0) is 12.1 Å². The lowest BCUT2D eigenvalue weighted by molar-refractivity contribution is -0.137. The Morgan fingerprint density at radius 2 is 2.00 bits per heavy atom. The monoisotopic (exact) mass is 270 g/mol. The van der Waals surface area contributed by atoms with Gasteiger partial charge in [-0.15, -0.1) is 0 Å². The number of aromatic amines is 1. The first-order chi connectivity index (χ1) is 8.89. The summed E-state index contributed by atoms with van der Waals surface area (Å²) < 4.78 is 38.2. The third-order valence-electron chi connectivity index (χ3n) is 2.38. The molecule has 1 aromatic carbocycles. The molecule has 0 saturated heterocycles. The lowest BCUT2D eigenvalue weighted by Gasteiger charge is -2.12. The number of H-pyrrole nitrogens is 1. The van der Waals surface area contributed by atoms with Crippen molar-refractivity contribution in [2.45, 2.75) is 6.18 Å². The van der Waals surface area contributed by atoms with Gasteiger partial charge in [0.15, 0.2) is 5.82 Å². The topological polar surface area (TPSA) is 83.8 Å². The van der Waals surface area contributed by atoms with Crippen LogP contribution >= 0.6 is 0 Å². The molecule has 19 heavy (non-hydrogen) atoms. The van der Waals surface area contributed by atoms with Gasteiger partial charge in [0.05, 0.1) is 23.0 Å². The fraction of sp³-hybridized carbons (Fsp3) is 0.0909. The normalized spacial score (nSPS) is 11.3. The lowest BCUT2D eigenvalue weighted by atomic mass is 10.1. The number of carbonyl (C=O) groups is 1. The number of nitrogen functional groups attached to an aromatic ring is 1. The molecule has 0 aliphatic carbocycles. The fourth-order valence-corrected chi connectivity index (χ4v) is 1.50. The largest absolute Gasteiger partial charge is 0.417 e. The highest BCUT2D eigenvalue weighted by atomic mass is 19.4. The van der Waals surface area contributed by atoms with Crippen molar-refractivity contribution in [2.75, 3.05) is 11.1 Å². The summed E-state index contributed by atoms with van der Waals surface area (Å²) in [6.45, 7) is 0. The zero-order valence-electron chi connectivity index (χ0n) is 9.45. The van der Waals surface area contributed by atoms with Crippen LogP contribution in [0.1, 0.15) is 15.9 Å². The summed E-state index contributed by atoms with van der Waals surface area (Å²) in [5, 5.41) is 8.17. The quantitative estimate of drug-likeness (QED) is 0.782. The Balaban J connectivity index is 2.32. The summed E-state index contributed by atoms with van der Waals surface area (Å²) in [5.74, 6) is -0.856. The van der Waals surface area contributed by atoms with Crippen molar-refractivity contribution in [3.05, 3.63) is 41.6 Å². The molecule has 0 bridgehead atoms. The molecule has 0 fully saturated rings. The van der Waals surface area contributed by atoms with Crippen LogP contribution in [0.3, 0.4) is 0 Å². The second-order valence-electron chi connectivity index (χ2n) is 3.70. The van der Waals surface area contributed by atoms with E-state index >= 15 is 0 Å². The van der Waals surface area contributed by atoms with Crippen LogP contribution in [0.2, 0.25) is 0 Å². The van der Waals surface area contributed by atoms with Gasteiger partial charge in [0, 0.05) is 0 Å². The predicted octanol–water partition coefficient (Wildman–Crippen LogP) is 2.26. The second kappa shape index (κ2) is 4.63. The predicted molar refractivity (Wildman–Crippen MR) is 62.4 cm³/mol. The average molecular weight is 270 g/mol. The van der Waals surface area contributed by atoms with Crippen LogP contribution in [0.4, 0.5) is 24.7 Å². The minimum absolute atomic E-state index is 0.0574. The summed E-state index contributed by atoms with van der Waals surface area (Å²) in [6.07, 6.45) is -3.36. The van der Waals surface area contributed by atoms with E-state index in [0.717, 1.165) is 12.1 Å². The third-order valence-corrected chi connectivity index (χ3v) is 2.38. The number of nitrogens with one attached hydrogen (secondary N) is 2. The van der Waals surface area contributed by atoms with E-state index in [2.05, 4.69) is 15.5 Å². The number of carbonyl (C=O) groups excluding carboxylic acids is 1. The highest BCUT2D eigenvalue weighted by molar-refractivity contribution is 6.06. The SMILES string of the molecule is Nc1cn[nH]c1NC(=O)c1ccccc1C(F)(F)F. The molecule has 1 heterocycles. The van der Waals surface area contributed by atoms with Crippen LogP contribution < -0.4 is 11.1 Å². The Bertz CT molecular complexity index is 606. The third kappa shape index (κ3) is 2.67. The van der Waals surface area contributed by atoms with E-state index in [-0.39, 0.29) is 11.5 Å². The zero-order chi connectivity index (χ0) is 14.0. The van der Waals surface area contributed by atoms with Crippen LogP contribution in [0.25, 0.3) is 0 Å². The lowest BCUT2D eigenvalue weighted by Crippen LogP contribution is -2.19. The van der Waals surface area contributed by atoms with Crippen molar-refractivity contribution in [3.63, 3.8) is 0 Å². The summed E-state index contributed by atoms with van der Waals surface area (Å²) in [6, 6.07) is 4.49. The van der Waals surface area contributed by atoms with Gasteiger partial charge in [-0.2, -0.15) is 18.3 Å². The van der Waals surface area contributed by atoms with Crippen molar-refractivity contribution in [1.29, 1.82) is 0 Å². The van der Waals surface area contributed by atoms with Crippen LogP contribution in [-0.2, 0) is 6.18 Å². The highest BCUT2D eigenvalue weighted by Crippen LogP contribution is 2.32. The number of rotatable bonds is 2. The molecule has 8 heteroatoms. The molecule has 0 unspecified atom stereocenters. The van der Waals surface area contributed by atoms with Crippen molar-refractivity contribution < 1.29 is 18.0 Å². The van der Waals surface area contributed by atoms with E-state index < -0.39 is 23.2 Å². The maximum atomic E-state index is 12.7. The number of anilines is 2. The van der Waals surface area contributed by atoms with Crippen molar-refractivity contribution in [3.8, 4) is 0 Å². The number of hydrogen-bond acceptors (Lipinski definition) is 3. The van der Waals surface area contributed by atoms with Gasteiger partial charge in [-0.25, -0.2) is 0 Å². The number of benzene rings is 1. The van der Waals surface area contributed by atoms with Crippen LogP contribution in [0, 0.1) is 0 Å². The number of hydrogen-bond donors (Lipinski definition) is 3. The van der Waals surface area contributed by atoms with E-state index in [1.165, 1.54) is 18.3 Å². The molecule has 1 aromatic heterocycles. The molecule has 100 valence electrons. The van der Waals surface area contributed by atoms with Crippen LogP contribution in [0.5, 0.6) is 0 Å². The molecule has 0 radical (unpaired) electrons. The first-order valence-electron chi connectivity index (χ1n) is 5.16. The van der Waals surface area contributed by atoms with Crippen LogP contribution in [0.15, 0.2) is 30.5 Å². The van der Waals surface area contributed by atoms with E-state index in [4.69, 9.17) is 5.73 Å². The standard InChI is InChI=1S/C11H9F3N4O/c12-11(13,14)7-4-2-1-3-6(7)10(19)17-9-8(15)5-16-18-9/h1-5H,15H2,(H2,16,17,18,19). The van der Waals surface area contributed by atoms with Gasteiger partial charge in [0.1, 0.15) is 0 Å². The molecule has 2 aromatic rings. The zero-order valence-corrected chi connectivity index (χ0v) is 9.45. The first-order valence-corrected chi connectivity index (χ1v) is 5.16. The molecular weight excluding hydrogens is 261 g/mol. The number of halogens is 3. The molecular formula is C11H9F3N4O. The van der Waals surface area contributed by atoms with Crippen LogP contribution in [-0.4, -0.2) is 16.1 Å². The van der Waals surface area contributed by atoms with Gasteiger partial charge in [0.2, 0.25) is 0 Å². The number of nitrogens with two attached hydrogens (primary N) is 1. The highest BCUT2D eigenvalue weighted by Gasteiger charge is 2.34. The number of nitrogens with zero attached hydrogens (tertiary/aromatic N) is 1. The van der Waals surface area contributed by atoms with Gasteiger partial charge in [0.25, 0.3) is 5.91 Å². The molecule has 0 aliphatic rings. The van der Waals surface area contributed by atoms with E-state index in [1.54, 1.807) is 0 Å². The summed E-state index contributed by atoms with van der Waals surface area (Å²) >= 11 is 0. The molecule has 0 spiro atoms. The van der Waals surface area contributed by atoms with Crippen molar-refractivity contribution >= 4 is 17.4 Å². The van der Waals surface area contributed by atoms with Gasteiger partial charge < -0.3 is 11.1 Å². The first kappa shape index (κ1) is 12.9. The molecule has 5 nitrogen and oxygen atoms in total. The molecule has 0 atom stereocenters. The Kier molecular flexibility index (Phi) is 3.16. The molecule has 2 rings (SSSR count). The van der Waals surface area contributed by atoms with E-state index in [1.807, 2.05) is 0 Å². The smallest absolute Gasteiger partial charge is 0.394 e. The maximum Gasteiger partial charge on any atom is 0.417 e. The summed E-state index contributed by atoms with van der Waals surface area (Å²) in [5.41, 5.74) is 4.11. The number of aromatic nitrogens is 2. The molecule has 4 N–H and O–H groups in total. The van der Waals surface area contributed by atoms with Gasteiger partial charge in [-0.1, -0.05) is 12.1 Å². The molecule has 0 aliphatic heterocycles. The van der Waals surface area contributed by atoms with E-state index in [0.29, 0.717) is 0 Å². The second-order valence-corrected chi connectivity index (χ2v) is 3.70. The average Bonchev–Trinajstić information content (AvgIpc) is 2.74.